The molecule has 5 rings (SSSR count). The van der Waals surface area contributed by atoms with Gasteiger partial charge in [0.1, 0.15) is 11.2 Å². The van der Waals surface area contributed by atoms with Gasteiger partial charge in [0.2, 0.25) is 0 Å². The van der Waals surface area contributed by atoms with Gasteiger partial charge in [-0.1, -0.05) is 74.3 Å². The molecule has 0 unspecified atom stereocenters. The van der Waals surface area contributed by atoms with Gasteiger partial charge >= 0.3 is 0 Å². The molecule has 0 fully saturated rings. The van der Waals surface area contributed by atoms with Crippen LogP contribution in [0.15, 0.2) is 86.2 Å². The molecule has 1 nitrogen and oxygen atoms in total. The third kappa shape index (κ3) is 2.42. The second kappa shape index (κ2) is 5.72. The Morgan fingerprint density at radius 2 is 1.24 bits per heavy atom. The first kappa shape index (κ1) is 15.2. The minimum Gasteiger partial charge on any atom is -0.456 e. The maximum Gasteiger partial charge on any atom is 0.136 e. The lowest BCUT2D eigenvalue weighted by Crippen LogP contribution is -1.84. The van der Waals surface area contributed by atoms with Gasteiger partial charge in [-0.15, -0.1) is 0 Å². The van der Waals surface area contributed by atoms with E-state index in [1.165, 1.54) is 21.7 Å². The monoisotopic (exact) mass is 450 g/mol. The molecule has 0 atom stereocenters. The van der Waals surface area contributed by atoms with E-state index < -0.39 is 0 Å². The lowest BCUT2D eigenvalue weighted by molar-refractivity contribution is 0.669. The first-order valence-electron chi connectivity index (χ1n) is 8.00. The van der Waals surface area contributed by atoms with Gasteiger partial charge in [-0.2, -0.15) is 0 Å². The normalized spacial score (nSPS) is 11.6. The predicted octanol–water partition coefficient (Wildman–Crippen LogP) is 7.93. The topological polar surface area (TPSA) is 13.1 Å². The molecule has 0 aliphatic rings. The van der Waals surface area contributed by atoms with Crippen LogP contribution in [0.3, 0.4) is 0 Å². The maximum absolute atomic E-state index is 6.16. The van der Waals surface area contributed by atoms with Crippen molar-refractivity contribution in [3.8, 4) is 11.1 Å². The van der Waals surface area contributed by atoms with Crippen molar-refractivity contribution in [3.63, 3.8) is 0 Å². The fourth-order valence-corrected chi connectivity index (χ4v) is 4.83. The van der Waals surface area contributed by atoms with E-state index in [4.69, 9.17) is 4.42 Å². The minimum absolute atomic E-state index is 0.922. The lowest BCUT2D eigenvalue weighted by Gasteiger charge is -2.09. The zero-order valence-corrected chi connectivity index (χ0v) is 16.3. The van der Waals surface area contributed by atoms with Crippen LogP contribution in [0.5, 0.6) is 0 Å². The second-order valence-corrected chi connectivity index (χ2v) is 7.93. The molecule has 1 heterocycles. The van der Waals surface area contributed by atoms with E-state index in [0.29, 0.717) is 0 Å². The molecule has 0 radical (unpaired) electrons. The van der Waals surface area contributed by atoms with E-state index in [0.717, 1.165) is 31.1 Å². The maximum atomic E-state index is 6.16. The summed E-state index contributed by atoms with van der Waals surface area (Å²) in [6.45, 7) is 0. The number of hydrogen-bond acceptors (Lipinski definition) is 1. The Labute approximate surface area is 161 Å². The average Bonchev–Trinajstić information content (AvgIpc) is 2.99. The molecule has 0 saturated heterocycles. The van der Waals surface area contributed by atoms with Crippen molar-refractivity contribution in [1.29, 1.82) is 0 Å². The lowest BCUT2D eigenvalue weighted by atomic mass is 9.95. The van der Waals surface area contributed by atoms with Crippen molar-refractivity contribution in [2.45, 2.75) is 0 Å². The fourth-order valence-electron chi connectivity index (χ4n) is 3.54. The van der Waals surface area contributed by atoms with Crippen molar-refractivity contribution in [3.05, 3.63) is 81.7 Å². The summed E-state index contributed by atoms with van der Waals surface area (Å²) in [7, 11) is 0. The van der Waals surface area contributed by atoms with Gasteiger partial charge in [0.05, 0.1) is 0 Å². The highest BCUT2D eigenvalue weighted by atomic mass is 79.9. The zero-order chi connectivity index (χ0) is 17.0. The van der Waals surface area contributed by atoms with Crippen molar-refractivity contribution in [2.75, 3.05) is 0 Å². The Hall–Kier alpha value is -2.10. The Bertz CT molecular complexity index is 1250. The SMILES string of the molecule is Brc1cc(Br)cc(-c2cc3oc4ccccc4c3c3ccccc23)c1. The van der Waals surface area contributed by atoms with Gasteiger partial charge in [0.15, 0.2) is 0 Å². The standard InChI is InChI=1S/C22H12Br2O/c23-14-9-13(10-15(24)11-14)19-12-21-22(17-6-2-1-5-16(17)19)18-7-3-4-8-20(18)25-21/h1-12H. The summed E-state index contributed by atoms with van der Waals surface area (Å²) in [4.78, 5) is 0. The zero-order valence-electron chi connectivity index (χ0n) is 13.1. The molecule has 1 aromatic heterocycles. The van der Waals surface area contributed by atoms with Crippen LogP contribution < -0.4 is 0 Å². The smallest absolute Gasteiger partial charge is 0.136 e. The average molecular weight is 452 g/mol. The molecule has 25 heavy (non-hydrogen) atoms. The summed E-state index contributed by atoms with van der Waals surface area (Å²) in [5.41, 5.74) is 4.17. The molecule has 4 aromatic carbocycles. The predicted molar refractivity (Wildman–Crippen MR) is 112 cm³/mol. The fraction of sp³-hybridized carbons (Fsp3) is 0. The van der Waals surface area contributed by atoms with Gasteiger partial charge in [-0.3, -0.25) is 0 Å². The summed E-state index contributed by atoms with van der Waals surface area (Å²) >= 11 is 7.20. The quantitative estimate of drug-likeness (QED) is 0.252. The number of hydrogen-bond donors (Lipinski definition) is 0. The highest BCUT2D eigenvalue weighted by Crippen LogP contribution is 2.40. The Balaban J connectivity index is 1.98. The van der Waals surface area contributed by atoms with Crippen LogP contribution in [0.25, 0.3) is 43.8 Å². The number of benzene rings is 4. The number of furan rings is 1. The third-order valence-electron chi connectivity index (χ3n) is 4.56. The van der Waals surface area contributed by atoms with E-state index >= 15 is 0 Å². The van der Waals surface area contributed by atoms with Crippen LogP contribution in [0.1, 0.15) is 0 Å². The van der Waals surface area contributed by atoms with Crippen LogP contribution >= 0.6 is 31.9 Å². The summed E-state index contributed by atoms with van der Waals surface area (Å²) in [6.07, 6.45) is 0. The van der Waals surface area contributed by atoms with E-state index in [1.54, 1.807) is 0 Å². The largest absolute Gasteiger partial charge is 0.456 e. The minimum atomic E-state index is 0.922. The van der Waals surface area contributed by atoms with Crippen LogP contribution in [0.2, 0.25) is 0 Å². The molecule has 0 saturated carbocycles. The number of para-hydroxylation sites is 1. The Morgan fingerprint density at radius 3 is 2.00 bits per heavy atom. The molecule has 0 aliphatic carbocycles. The molecule has 0 amide bonds. The van der Waals surface area contributed by atoms with Gasteiger partial charge < -0.3 is 4.42 Å². The Kier molecular flexibility index (Phi) is 3.47. The molecule has 120 valence electrons. The molecule has 0 spiro atoms. The number of halogens is 2. The summed E-state index contributed by atoms with van der Waals surface area (Å²) < 4.78 is 8.25. The molecular weight excluding hydrogens is 440 g/mol. The van der Waals surface area contributed by atoms with Crippen molar-refractivity contribution < 1.29 is 4.42 Å². The van der Waals surface area contributed by atoms with Gasteiger partial charge in [-0.25, -0.2) is 0 Å². The highest BCUT2D eigenvalue weighted by Gasteiger charge is 2.14. The van der Waals surface area contributed by atoms with E-state index in [1.807, 2.05) is 18.2 Å². The molecular formula is C22H12Br2O. The van der Waals surface area contributed by atoms with Crippen molar-refractivity contribution in [1.82, 2.24) is 0 Å². The molecule has 0 bridgehead atoms. The number of rotatable bonds is 1. The van der Waals surface area contributed by atoms with E-state index in [9.17, 15) is 0 Å². The van der Waals surface area contributed by atoms with Gasteiger partial charge in [-0.05, 0) is 52.2 Å². The molecule has 0 N–H and O–H groups in total. The summed E-state index contributed by atoms with van der Waals surface area (Å²) in [6, 6.07) is 25.3. The van der Waals surface area contributed by atoms with Crippen molar-refractivity contribution in [2.24, 2.45) is 0 Å². The first-order chi connectivity index (χ1) is 12.2. The number of fused-ring (bicyclic) bond motifs is 5. The highest BCUT2D eigenvalue weighted by molar-refractivity contribution is 9.11. The van der Waals surface area contributed by atoms with Gasteiger partial charge in [0, 0.05) is 19.7 Å². The van der Waals surface area contributed by atoms with E-state index in [-0.39, 0.29) is 0 Å². The second-order valence-electron chi connectivity index (χ2n) is 6.10. The first-order valence-corrected chi connectivity index (χ1v) is 9.59. The van der Waals surface area contributed by atoms with Crippen LogP contribution in [-0.4, -0.2) is 0 Å². The summed E-state index contributed by atoms with van der Waals surface area (Å²) in [5, 5.41) is 4.79. The van der Waals surface area contributed by atoms with Gasteiger partial charge in [0.25, 0.3) is 0 Å². The molecule has 5 aromatic rings. The van der Waals surface area contributed by atoms with Crippen LogP contribution in [0, 0.1) is 0 Å². The van der Waals surface area contributed by atoms with Crippen LogP contribution in [-0.2, 0) is 0 Å². The van der Waals surface area contributed by atoms with E-state index in [2.05, 4.69) is 86.5 Å². The van der Waals surface area contributed by atoms with Crippen molar-refractivity contribution >= 4 is 64.6 Å². The third-order valence-corrected chi connectivity index (χ3v) is 5.47. The molecule has 0 aliphatic heterocycles. The summed E-state index contributed by atoms with van der Waals surface area (Å²) in [5.74, 6) is 0. The van der Waals surface area contributed by atoms with Crippen LogP contribution in [0.4, 0.5) is 0 Å². The molecule has 3 heteroatoms. The Morgan fingerprint density at radius 1 is 0.600 bits per heavy atom.